The maximum absolute atomic E-state index is 13.2. The maximum Gasteiger partial charge on any atom is 0.255 e. The van der Waals surface area contributed by atoms with Crippen molar-refractivity contribution in [2.75, 3.05) is 37.7 Å². The van der Waals surface area contributed by atoms with E-state index in [9.17, 15) is 9.59 Å². The molecule has 1 aromatic heterocycles. The number of aromatic nitrogens is 2. The Morgan fingerprint density at radius 3 is 2.37 bits per heavy atom. The van der Waals surface area contributed by atoms with Gasteiger partial charge in [0.15, 0.2) is 0 Å². The maximum atomic E-state index is 13.2. The molecule has 2 aromatic rings. The Morgan fingerprint density at radius 2 is 1.73 bits per heavy atom. The average Bonchev–Trinajstić information content (AvgIpc) is 2.78. The van der Waals surface area contributed by atoms with Gasteiger partial charge >= 0.3 is 0 Å². The number of hydrogen-bond acceptors (Lipinski definition) is 6. The first-order valence-electron chi connectivity index (χ1n) is 10.3. The van der Waals surface area contributed by atoms with Crippen molar-refractivity contribution in [2.24, 2.45) is 5.92 Å². The third kappa shape index (κ3) is 5.06. The number of hydrogen-bond donors (Lipinski definition) is 1. The smallest absolute Gasteiger partial charge is 0.255 e. The minimum absolute atomic E-state index is 0.0452. The molecule has 1 saturated heterocycles. The van der Waals surface area contributed by atoms with E-state index in [-0.39, 0.29) is 17.7 Å². The summed E-state index contributed by atoms with van der Waals surface area (Å²) in [7, 11) is 0. The van der Waals surface area contributed by atoms with Crippen molar-refractivity contribution < 1.29 is 14.3 Å². The van der Waals surface area contributed by atoms with Gasteiger partial charge in [-0.1, -0.05) is 26.0 Å². The van der Waals surface area contributed by atoms with E-state index in [0.717, 1.165) is 0 Å². The van der Waals surface area contributed by atoms with E-state index in [1.807, 2.05) is 26.8 Å². The van der Waals surface area contributed by atoms with E-state index in [4.69, 9.17) is 4.74 Å². The molecule has 1 aliphatic heterocycles. The van der Waals surface area contributed by atoms with Crippen LogP contribution in [0.5, 0.6) is 5.75 Å². The lowest BCUT2D eigenvalue weighted by atomic mass is 10.0. The van der Waals surface area contributed by atoms with E-state index in [0.29, 0.717) is 50.0 Å². The van der Waals surface area contributed by atoms with Gasteiger partial charge in [0.25, 0.3) is 5.91 Å². The fraction of sp³-hybridized carbons (Fsp3) is 0.455. The van der Waals surface area contributed by atoms with Crippen molar-refractivity contribution in [1.29, 1.82) is 0 Å². The van der Waals surface area contributed by atoms with Crippen LogP contribution in [0.1, 0.15) is 31.1 Å². The molecule has 0 aliphatic carbocycles. The molecule has 1 aliphatic rings. The highest BCUT2D eigenvalue weighted by Gasteiger charge is 2.31. The topological polar surface area (TPSA) is 87.7 Å². The van der Waals surface area contributed by atoms with Gasteiger partial charge in [-0.05, 0) is 31.0 Å². The van der Waals surface area contributed by atoms with E-state index in [1.54, 1.807) is 41.6 Å². The number of piperazine rings is 1. The van der Waals surface area contributed by atoms with Crippen molar-refractivity contribution in [3.05, 3.63) is 48.3 Å². The van der Waals surface area contributed by atoms with E-state index in [1.165, 1.54) is 0 Å². The van der Waals surface area contributed by atoms with Crippen LogP contribution in [0, 0.1) is 5.92 Å². The Hall–Kier alpha value is -3.16. The van der Waals surface area contributed by atoms with Crippen LogP contribution in [0.3, 0.4) is 0 Å². The molecule has 1 aromatic carbocycles. The second-order valence-corrected chi connectivity index (χ2v) is 7.49. The van der Waals surface area contributed by atoms with Crippen molar-refractivity contribution in [1.82, 2.24) is 20.2 Å². The predicted molar refractivity (Wildman–Crippen MR) is 115 cm³/mol. The van der Waals surface area contributed by atoms with Crippen LogP contribution in [0.15, 0.2) is 42.7 Å². The number of nitrogens with one attached hydrogen (secondary N) is 1. The van der Waals surface area contributed by atoms with E-state index in [2.05, 4.69) is 20.2 Å². The number of ether oxygens (including phenoxy) is 1. The van der Waals surface area contributed by atoms with Crippen LogP contribution in [-0.2, 0) is 4.79 Å². The molecule has 0 bridgehead atoms. The van der Waals surface area contributed by atoms with Crippen LogP contribution in [-0.4, -0.2) is 65.5 Å². The van der Waals surface area contributed by atoms with Gasteiger partial charge in [-0.2, -0.15) is 0 Å². The van der Waals surface area contributed by atoms with Crippen LogP contribution < -0.4 is 15.0 Å². The Labute approximate surface area is 177 Å². The molecule has 8 heteroatoms. The summed E-state index contributed by atoms with van der Waals surface area (Å²) in [6, 6.07) is 8.25. The molecule has 160 valence electrons. The van der Waals surface area contributed by atoms with Crippen molar-refractivity contribution >= 4 is 17.8 Å². The highest BCUT2D eigenvalue weighted by molar-refractivity contribution is 5.99. The Bertz CT molecular complexity index is 851. The Kier molecular flexibility index (Phi) is 7.21. The standard InChI is InChI=1S/C22H29N5O3/c1-4-30-18-9-6-5-8-17(18)20(28)25-19(16(2)3)21(29)26-12-14-27(15-13-26)22-23-10-7-11-24-22/h5-11,16,19H,4,12-15H2,1-3H3,(H,25,28). The van der Waals surface area contributed by atoms with Gasteiger partial charge in [0.1, 0.15) is 11.8 Å². The summed E-state index contributed by atoms with van der Waals surface area (Å²) >= 11 is 0. The number of carbonyl (C=O) groups is 2. The number of benzene rings is 1. The summed E-state index contributed by atoms with van der Waals surface area (Å²) in [5.74, 6) is 0.772. The third-order valence-corrected chi connectivity index (χ3v) is 5.08. The number of carbonyl (C=O) groups excluding carboxylic acids is 2. The molecule has 1 N–H and O–H groups in total. The molecule has 0 saturated carbocycles. The molecule has 1 atom stereocenters. The fourth-order valence-corrected chi connectivity index (χ4v) is 3.45. The van der Waals surface area contributed by atoms with Gasteiger partial charge in [-0.3, -0.25) is 9.59 Å². The Morgan fingerprint density at radius 1 is 1.07 bits per heavy atom. The molecule has 1 fully saturated rings. The second-order valence-electron chi connectivity index (χ2n) is 7.49. The lowest BCUT2D eigenvalue weighted by Crippen LogP contribution is -2.56. The highest BCUT2D eigenvalue weighted by atomic mass is 16.5. The second kappa shape index (κ2) is 10.0. The molecule has 8 nitrogen and oxygen atoms in total. The molecule has 2 heterocycles. The summed E-state index contributed by atoms with van der Waals surface area (Å²) in [6.45, 7) is 8.64. The molecule has 3 rings (SSSR count). The fourth-order valence-electron chi connectivity index (χ4n) is 3.45. The Balaban J connectivity index is 1.65. The largest absolute Gasteiger partial charge is 0.493 e. The minimum Gasteiger partial charge on any atom is -0.493 e. The normalized spacial score (nSPS) is 15.1. The summed E-state index contributed by atoms with van der Waals surface area (Å²) < 4.78 is 5.56. The van der Waals surface area contributed by atoms with E-state index >= 15 is 0 Å². The first-order valence-corrected chi connectivity index (χ1v) is 10.3. The van der Waals surface area contributed by atoms with Gasteiger partial charge < -0.3 is 19.9 Å². The van der Waals surface area contributed by atoms with E-state index < -0.39 is 6.04 Å². The molecule has 1 unspecified atom stereocenters. The zero-order valence-electron chi connectivity index (χ0n) is 17.7. The van der Waals surface area contributed by atoms with Gasteiger partial charge in [-0.25, -0.2) is 9.97 Å². The van der Waals surface area contributed by atoms with Crippen molar-refractivity contribution in [2.45, 2.75) is 26.8 Å². The minimum atomic E-state index is -0.605. The van der Waals surface area contributed by atoms with Crippen LogP contribution >= 0.6 is 0 Å². The highest BCUT2D eigenvalue weighted by Crippen LogP contribution is 2.19. The number of amides is 2. The van der Waals surface area contributed by atoms with Gasteiger partial charge in [0, 0.05) is 38.6 Å². The van der Waals surface area contributed by atoms with Crippen molar-refractivity contribution in [3.63, 3.8) is 0 Å². The molecular formula is C22H29N5O3. The van der Waals surface area contributed by atoms with Crippen LogP contribution in [0.2, 0.25) is 0 Å². The monoisotopic (exact) mass is 411 g/mol. The van der Waals surface area contributed by atoms with Crippen LogP contribution in [0.25, 0.3) is 0 Å². The lowest BCUT2D eigenvalue weighted by Gasteiger charge is -2.37. The zero-order chi connectivity index (χ0) is 21.5. The number of nitrogens with zero attached hydrogens (tertiary/aromatic N) is 4. The molecule has 0 spiro atoms. The number of anilines is 1. The lowest BCUT2D eigenvalue weighted by molar-refractivity contribution is -0.134. The predicted octanol–water partition coefficient (Wildman–Crippen LogP) is 1.98. The summed E-state index contributed by atoms with van der Waals surface area (Å²) in [6.07, 6.45) is 3.43. The number of para-hydroxylation sites is 1. The molecule has 2 amide bonds. The molecule has 0 radical (unpaired) electrons. The SMILES string of the molecule is CCOc1ccccc1C(=O)NC(C(=O)N1CCN(c2ncccn2)CC1)C(C)C. The first-order chi connectivity index (χ1) is 14.5. The van der Waals surface area contributed by atoms with Gasteiger partial charge in [0.05, 0.1) is 12.2 Å². The number of rotatable bonds is 7. The summed E-state index contributed by atoms with van der Waals surface area (Å²) in [5, 5.41) is 2.92. The molecule has 30 heavy (non-hydrogen) atoms. The third-order valence-electron chi connectivity index (χ3n) is 5.08. The summed E-state index contributed by atoms with van der Waals surface area (Å²) in [5.41, 5.74) is 0.434. The average molecular weight is 412 g/mol. The first kappa shape index (κ1) is 21.5. The van der Waals surface area contributed by atoms with Crippen molar-refractivity contribution in [3.8, 4) is 5.75 Å². The van der Waals surface area contributed by atoms with Crippen LogP contribution in [0.4, 0.5) is 5.95 Å². The zero-order valence-corrected chi connectivity index (χ0v) is 17.7. The van der Waals surface area contributed by atoms with Gasteiger partial charge in [-0.15, -0.1) is 0 Å². The molecular weight excluding hydrogens is 382 g/mol. The van der Waals surface area contributed by atoms with Gasteiger partial charge in [0.2, 0.25) is 11.9 Å². The quantitative estimate of drug-likeness (QED) is 0.750. The summed E-state index contributed by atoms with van der Waals surface area (Å²) in [4.78, 5) is 38.5.